The normalized spacial score (nSPS) is 11.8. The predicted octanol–water partition coefficient (Wildman–Crippen LogP) is 2.95. The molecule has 124 valence electrons. The van der Waals surface area contributed by atoms with Gasteiger partial charge in [0.1, 0.15) is 0 Å². The van der Waals surface area contributed by atoms with Gasteiger partial charge in [-0.15, -0.1) is 0 Å². The smallest absolute Gasteiger partial charge is 0.243 e. The van der Waals surface area contributed by atoms with Crippen molar-refractivity contribution in [1.29, 1.82) is 0 Å². The minimum absolute atomic E-state index is 0.0353. The van der Waals surface area contributed by atoms with Crippen LogP contribution < -0.4 is 0 Å². The average molecular weight is 343 g/mol. The Kier molecular flexibility index (Phi) is 4.73. The largest absolute Gasteiger partial charge is 0.338 e. The molecule has 0 atom stereocenters. The quantitative estimate of drug-likeness (QED) is 0.688. The van der Waals surface area contributed by atoms with E-state index in [-0.39, 0.29) is 17.3 Å². The summed E-state index contributed by atoms with van der Waals surface area (Å²) in [5.41, 5.74) is 0.821. The number of sulfonamides is 1. The number of benzene rings is 2. The van der Waals surface area contributed by atoms with E-state index in [2.05, 4.69) is 10.1 Å². The monoisotopic (exact) mass is 343 g/mol. The first-order valence-corrected chi connectivity index (χ1v) is 8.98. The molecule has 0 spiro atoms. The van der Waals surface area contributed by atoms with Crippen LogP contribution >= 0.6 is 0 Å². The first kappa shape index (κ1) is 16.4. The summed E-state index contributed by atoms with van der Waals surface area (Å²) in [6.07, 6.45) is 0. The Balaban J connectivity index is 1.83. The molecule has 0 amide bonds. The van der Waals surface area contributed by atoms with Gasteiger partial charge >= 0.3 is 0 Å². The van der Waals surface area contributed by atoms with Gasteiger partial charge in [-0.1, -0.05) is 60.6 Å². The Morgan fingerprint density at radius 2 is 1.62 bits per heavy atom. The summed E-state index contributed by atoms with van der Waals surface area (Å²) in [5, 5.41) is 3.92. The average Bonchev–Trinajstić information content (AvgIpc) is 3.10. The molecule has 0 unspecified atom stereocenters. The molecule has 0 radical (unpaired) electrons. The molecule has 0 saturated carbocycles. The summed E-state index contributed by atoms with van der Waals surface area (Å²) in [7, 11) is -3.60. The predicted molar refractivity (Wildman–Crippen MR) is 89.4 cm³/mol. The second-order valence-electron chi connectivity index (χ2n) is 5.12. The number of hydrogen-bond donors (Lipinski definition) is 0. The molecule has 0 aliphatic heterocycles. The maximum absolute atomic E-state index is 12.7. The summed E-state index contributed by atoms with van der Waals surface area (Å²) in [5.74, 6) is 0.703. The fourth-order valence-electron chi connectivity index (χ4n) is 2.28. The molecule has 2 aromatic carbocycles. The zero-order chi connectivity index (χ0) is 17.0. The first-order valence-electron chi connectivity index (χ1n) is 7.54. The molecule has 1 aromatic heterocycles. The first-order chi connectivity index (χ1) is 11.6. The topological polar surface area (TPSA) is 76.3 Å². The van der Waals surface area contributed by atoms with E-state index in [9.17, 15) is 8.42 Å². The molecule has 3 rings (SSSR count). The number of rotatable bonds is 6. The van der Waals surface area contributed by atoms with Crippen molar-refractivity contribution in [3.63, 3.8) is 0 Å². The second-order valence-corrected chi connectivity index (χ2v) is 7.06. The van der Waals surface area contributed by atoms with Crippen LogP contribution in [0, 0.1) is 0 Å². The Bertz CT molecular complexity index is 893. The van der Waals surface area contributed by atoms with Crippen molar-refractivity contribution in [2.45, 2.75) is 18.4 Å². The standard InChI is InChI=1S/C17H17N3O3S/c1-2-20(24(21,22)15-11-7-4-8-12-15)13-16-18-17(19-23-16)14-9-5-3-6-10-14/h3-12H,2,13H2,1H3. The van der Waals surface area contributed by atoms with Crippen LogP contribution in [0.4, 0.5) is 0 Å². The summed E-state index contributed by atoms with van der Waals surface area (Å²) >= 11 is 0. The fraction of sp³-hybridized carbons (Fsp3) is 0.176. The van der Waals surface area contributed by atoms with E-state index in [0.717, 1.165) is 5.56 Å². The van der Waals surface area contributed by atoms with Gasteiger partial charge in [0.25, 0.3) is 0 Å². The molecular formula is C17H17N3O3S. The number of aromatic nitrogens is 2. The van der Waals surface area contributed by atoms with Gasteiger partial charge in [-0.05, 0) is 12.1 Å². The van der Waals surface area contributed by atoms with Crippen molar-refractivity contribution in [3.05, 3.63) is 66.6 Å². The van der Waals surface area contributed by atoms with Gasteiger partial charge in [0.2, 0.25) is 21.7 Å². The maximum Gasteiger partial charge on any atom is 0.243 e. The van der Waals surface area contributed by atoms with Crippen molar-refractivity contribution in [2.75, 3.05) is 6.54 Å². The van der Waals surface area contributed by atoms with Gasteiger partial charge in [-0.25, -0.2) is 8.42 Å². The maximum atomic E-state index is 12.7. The third kappa shape index (κ3) is 3.37. The van der Waals surface area contributed by atoms with Crippen molar-refractivity contribution < 1.29 is 12.9 Å². The van der Waals surface area contributed by atoms with Gasteiger partial charge < -0.3 is 4.52 Å². The highest BCUT2D eigenvalue weighted by Gasteiger charge is 2.25. The molecule has 0 bridgehead atoms. The molecular weight excluding hydrogens is 326 g/mol. The van der Waals surface area contributed by atoms with Gasteiger partial charge in [-0.3, -0.25) is 0 Å². The van der Waals surface area contributed by atoms with E-state index in [0.29, 0.717) is 12.4 Å². The Morgan fingerprint density at radius 1 is 1.00 bits per heavy atom. The Morgan fingerprint density at radius 3 is 2.25 bits per heavy atom. The van der Waals surface area contributed by atoms with Crippen LogP contribution in [-0.2, 0) is 16.6 Å². The van der Waals surface area contributed by atoms with E-state index >= 15 is 0 Å². The van der Waals surface area contributed by atoms with Crippen molar-refractivity contribution in [2.24, 2.45) is 0 Å². The van der Waals surface area contributed by atoms with E-state index in [1.165, 1.54) is 4.31 Å². The molecule has 0 saturated heterocycles. The lowest BCUT2D eigenvalue weighted by Gasteiger charge is -2.18. The zero-order valence-corrected chi connectivity index (χ0v) is 14.0. The highest BCUT2D eigenvalue weighted by atomic mass is 32.2. The third-order valence-corrected chi connectivity index (χ3v) is 5.48. The summed E-state index contributed by atoms with van der Waals surface area (Å²) in [4.78, 5) is 4.54. The molecule has 24 heavy (non-hydrogen) atoms. The lowest BCUT2D eigenvalue weighted by Crippen LogP contribution is -2.30. The molecule has 7 heteroatoms. The van der Waals surface area contributed by atoms with Crippen molar-refractivity contribution >= 4 is 10.0 Å². The summed E-state index contributed by atoms with van der Waals surface area (Å²) < 4.78 is 31.9. The highest BCUT2D eigenvalue weighted by Crippen LogP contribution is 2.19. The van der Waals surface area contributed by atoms with E-state index in [1.807, 2.05) is 30.3 Å². The lowest BCUT2D eigenvalue weighted by atomic mass is 10.2. The van der Waals surface area contributed by atoms with Gasteiger partial charge in [0.15, 0.2) is 0 Å². The minimum atomic E-state index is -3.60. The highest BCUT2D eigenvalue weighted by molar-refractivity contribution is 7.89. The summed E-state index contributed by atoms with van der Waals surface area (Å²) in [6.45, 7) is 2.11. The van der Waals surface area contributed by atoms with Gasteiger partial charge in [0.05, 0.1) is 11.4 Å². The third-order valence-electron chi connectivity index (χ3n) is 3.55. The SMILES string of the molecule is CCN(Cc1nc(-c2ccccc2)no1)S(=O)(=O)c1ccccc1. The summed E-state index contributed by atoms with van der Waals surface area (Å²) in [6, 6.07) is 17.7. The Labute approximate surface area is 140 Å². The lowest BCUT2D eigenvalue weighted by molar-refractivity contribution is 0.321. The molecule has 0 fully saturated rings. The van der Waals surface area contributed by atoms with Gasteiger partial charge in [0, 0.05) is 12.1 Å². The zero-order valence-electron chi connectivity index (χ0n) is 13.2. The van der Waals surface area contributed by atoms with Crippen LogP contribution in [0.25, 0.3) is 11.4 Å². The molecule has 0 N–H and O–H groups in total. The molecule has 0 aliphatic rings. The van der Waals surface area contributed by atoms with Gasteiger partial charge in [-0.2, -0.15) is 9.29 Å². The second kappa shape index (κ2) is 6.94. The number of hydrogen-bond acceptors (Lipinski definition) is 5. The van der Waals surface area contributed by atoms with Crippen LogP contribution in [0.15, 0.2) is 70.1 Å². The molecule has 0 aliphatic carbocycles. The van der Waals surface area contributed by atoms with Crippen molar-refractivity contribution in [3.8, 4) is 11.4 Å². The van der Waals surface area contributed by atoms with E-state index in [1.54, 1.807) is 37.3 Å². The minimum Gasteiger partial charge on any atom is -0.338 e. The van der Waals surface area contributed by atoms with Crippen LogP contribution in [-0.4, -0.2) is 29.4 Å². The van der Waals surface area contributed by atoms with E-state index in [4.69, 9.17) is 4.52 Å². The van der Waals surface area contributed by atoms with E-state index < -0.39 is 10.0 Å². The number of nitrogens with zero attached hydrogens (tertiary/aromatic N) is 3. The van der Waals surface area contributed by atoms with Crippen molar-refractivity contribution in [1.82, 2.24) is 14.4 Å². The van der Waals surface area contributed by atoms with Crippen LogP contribution in [0.5, 0.6) is 0 Å². The Hall–Kier alpha value is -2.51. The molecule has 6 nitrogen and oxygen atoms in total. The van der Waals surface area contributed by atoms with Crippen LogP contribution in [0.2, 0.25) is 0 Å². The fourth-order valence-corrected chi connectivity index (χ4v) is 3.70. The van der Waals surface area contributed by atoms with Crippen LogP contribution in [0.1, 0.15) is 12.8 Å². The van der Waals surface area contributed by atoms with Crippen LogP contribution in [0.3, 0.4) is 0 Å². The molecule has 1 heterocycles. The molecule has 3 aromatic rings.